The Balaban J connectivity index is 1.91. The van der Waals surface area contributed by atoms with Gasteiger partial charge in [0.2, 0.25) is 5.95 Å². The van der Waals surface area contributed by atoms with Crippen molar-refractivity contribution < 1.29 is 0 Å². The van der Waals surface area contributed by atoms with E-state index in [-0.39, 0.29) is 0 Å². The van der Waals surface area contributed by atoms with Gasteiger partial charge in [0.05, 0.1) is 11.4 Å². The summed E-state index contributed by atoms with van der Waals surface area (Å²) in [4.78, 5) is 4.68. The molecule has 0 amide bonds. The van der Waals surface area contributed by atoms with Gasteiger partial charge in [-0.2, -0.15) is 0 Å². The third kappa shape index (κ3) is 3.31. The van der Waals surface area contributed by atoms with Crippen molar-refractivity contribution in [2.24, 2.45) is 0 Å². The molecule has 1 aliphatic rings. The average Bonchev–Trinajstić information content (AvgIpc) is 2.80. The van der Waals surface area contributed by atoms with Crippen LogP contribution in [0.25, 0.3) is 5.69 Å². The van der Waals surface area contributed by atoms with E-state index in [1.807, 2.05) is 6.92 Å². The zero-order chi connectivity index (χ0) is 14.8. The maximum atomic E-state index is 4.68. The van der Waals surface area contributed by atoms with Crippen LogP contribution in [0.3, 0.4) is 0 Å². The molecule has 1 N–H and O–H groups in total. The monoisotopic (exact) mass is 347 g/mol. The predicted molar refractivity (Wildman–Crippen MR) is 91.2 cm³/mol. The summed E-state index contributed by atoms with van der Waals surface area (Å²) < 4.78 is 3.26. The zero-order valence-corrected chi connectivity index (χ0v) is 14.3. The maximum Gasteiger partial charge on any atom is 0.207 e. The molecule has 1 saturated carbocycles. The summed E-state index contributed by atoms with van der Waals surface area (Å²) in [6.45, 7) is 4.15. The quantitative estimate of drug-likeness (QED) is 0.846. The molecule has 4 heteroatoms. The van der Waals surface area contributed by atoms with Crippen molar-refractivity contribution in [1.82, 2.24) is 9.55 Å². The Labute approximate surface area is 134 Å². The minimum absolute atomic E-state index is 0.559. The molecule has 1 aromatic carbocycles. The molecule has 3 rings (SSSR count). The Kier molecular flexibility index (Phi) is 4.34. The van der Waals surface area contributed by atoms with Crippen LogP contribution in [-0.4, -0.2) is 15.6 Å². The number of rotatable bonds is 3. The Morgan fingerprint density at radius 3 is 2.67 bits per heavy atom. The van der Waals surface area contributed by atoms with Gasteiger partial charge in [0, 0.05) is 16.7 Å². The second-order valence-corrected chi connectivity index (χ2v) is 6.86. The van der Waals surface area contributed by atoms with Crippen LogP contribution in [-0.2, 0) is 0 Å². The Hall–Kier alpha value is -1.29. The molecule has 0 aliphatic heterocycles. The molecule has 0 atom stereocenters. The summed E-state index contributed by atoms with van der Waals surface area (Å²) in [5, 5.41) is 3.64. The number of benzene rings is 1. The number of hydrogen-bond donors (Lipinski definition) is 1. The Bertz CT molecular complexity index is 627. The van der Waals surface area contributed by atoms with E-state index in [2.05, 4.69) is 62.1 Å². The first-order valence-corrected chi connectivity index (χ1v) is 8.52. The summed E-state index contributed by atoms with van der Waals surface area (Å²) >= 11 is 3.68. The van der Waals surface area contributed by atoms with E-state index in [1.165, 1.54) is 37.7 Å². The molecular weight excluding hydrogens is 326 g/mol. The van der Waals surface area contributed by atoms with Crippen LogP contribution in [0.4, 0.5) is 5.95 Å². The maximum absolute atomic E-state index is 4.68. The number of nitrogens with one attached hydrogen (secondary N) is 1. The van der Waals surface area contributed by atoms with Gasteiger partial charge in [-0.25, -0.2) is 4.98 Å². The molecule has 0 spiro atoms. The molecule has 0 radical (unpaired) electrons. The lowest BCUT2D eigenvalue weighted by molar-refractivity contribution is 0.460. The fourth-order valence-corrected chi connectivity index (χ4v) is 3.70. The highest BCUT2D eigenvalue weighted by molar-refractivity contribution is 9.10. The molecule has 2 aromatic rings. The van der Waals surface area contributed by atoms with Gasteiger partial charge in [-0.3, -0.25) is 4.57 Å². The number of halogens is 1. The second kappa shape index (κ2) is 6.22. The van der Waals surface area contributed by atoms with E-state index in [4.69, 9.17) is 0 Å². The van der Waals surface area contributed by atoms with E-state index < -0.39 is 0 Å². The minimum Gasteiger partial charge on any atom is -0.353 e. The van der Waals surface area contributed by atoms with Gasteiger partial charge in [-0.15, -0.1) is 0 Å². The first-order chi connectivity index (χ1) is 10.1. The van der Waals surface area contributed by atoms with Crippen molar-refractivity contribution >= 4 is 21.9 Å². The lowest BCUT2D eigenvalue weighted by Gasteiger charge is -2.23. The van der Waals surface area contributed by atoms with Crippen LogP contribution in [0.15, 0.2) is 28.9 Å². The van der Waals surface area contributed by atoms with Crippen LogP contribution in [0.2, 0.25) is 0 Å². The van der Waals surface area contributed by atoms with E-state index in [0.29, 0.717) is 6.04 Å². The zero-order valence-electron chi connectivity index (χ0n) is 12.7. The predicted octanol–water partition coefficient (Wildman–Crippen LogP) is 5.00. The normalized spacial score (nSPS) is 16.1. The number of nitrogens with zero attached hydrogens (tertiary/aromatic N) is 2. The highest BCUT2D eigenvalue weighted by atomic mass is 79.9. The summed E-state index contributed by atoms with van der Waals surface area (Å²) in [6, 6.07) is 6.99. The number of hydrogen-bond acceptors (Lipinski definition) is 2. The summed E-state index contributed by atoms with van der Waals surface area (Å²) in [7, 11) is 0. The van der Waals surface area contributed by atoms with E-state index in [9.17, 15) is 0 Å². The molecule has 1 aromatic heterocycles. The van der Waals surface area contributed by atoms with Crippen molar-refractivity contribution in [3.8, 4) is 5.69 Å². The molecule has 21 heavy (non-hydrogen) atoms. The van der Waals surface area contributed by atoms with Crippen LogP contribution in [0.5, 0.6) is 0 Å². The van der Waals surface area contributed by atoms with Crippen LogP contribution < -0.4 is 5.32 Å². The Morgan fingerprint density at radius 2 is 1.95 bits per heavy atom. The summed E-state index contributed by atoms with van der Waals surface area (Å²) in [5.41, 5.74) is 3.43. The topological polar surface area (TPSA) is 29.9 Å². The number of anilines is 1. The molecule has 112 valence electrons. The first-order valence-electron chi connectivity index (χ1n) is 7.72. The number of aromatic nitrogens is 2. The van der Waals surface area contributed by atoms with Gasteiger partial charge in [0.15, 0.2) is 0 Å². The van der Waals surface area contributed by atoms with Crippen molar-refractivity contribution in [1.29, 1.82) is 0 Å². The van der Waals surface area contributed by atoms with Gasteiger partial charge >= 0.3 is 0 Å². The fourth-order valence-electron chi connectivity index (χ4n) is 3.02. The minimum atomic E-state index is 0.559. The van der Waals surface area contributed by atoms with E-state index >= 15 is 0 Å². The van der Waals surface area contributed by atoms with E-state index in [1.54, 1.807) is 0 Å². The van der Waals surface area contributed by atoms with Gasteiger partial charge in [-0.05, 0) is 60.3 Å². The first kappa shape index (κ1) is 14.6. The molecule has 3 nitrogen and oxygen atoms in total. The average molecular weight is 348 g/mol. The number of aryl methyl sites for hydroxylation is 2. The third-order valence-corrected chi connectivity index (χ3v) is 4.76. The number of imidazole rings is 1. The molecule has 0 saturated heterocycles. The fraction of sp³-hybridized carbons (Fsp3) is 0.471. The SMILES string of the molecule is Cc1ccc(-n2cc(C)nc2NC2CCCCC2)c(Br)c1. The molecule has 1 aliphatic carbocycles. The van der Waals surface area contributed by atoms with Crippen molar-refractivity contribution in [2.45, 2.75) is 52.0 Å². The smallest absolute Gasteiger partial charge is 0.207 e. The highest BCUT2D eigenvalue weighted by Crippen LogP contribution is 2.27. The largest absolute Gasteiger partial charge is 0.353 e. The second-order valence-electron chi connectivity index (χ2n) is 6.01. The molecule has 1 heterocycles. The summed E-state index contributed by atoms with van der Waals surface area (Å²) in [5.74, 6) is 0.962. The lowest BCUT2D eigenvalue weighted by atomic mass is 9.96. The van der Waals surface area contributed by atoms with Crippen LogP contribution >= 0.6 is 15.9 Å². The van der Waals surface area contributed by atoms with Gasteiger partial charge < -0.3 is 5.32 Å². The summed E-state index contributed by atoms with van der Waals surface area (Å²) in [6.07, 6.45) is 8.62. The van der Waals surface area contributed by atoms with Gasteiger partial charge in [0.25, 0.3) is 0 Å². The lowest BCUT2D eigenvalue weighted by Crippen LogP contribution is -2.24. The molecule has 0 bridgehead atoms. The van der Waals surface area contributed by atoms with Crippen LogP contribution in [0, 0.1) is 13.8 Å². The van der Waals surface area contributed by atoms with E-state index in [0.717, 1.165) is 21.8 Å². The molecule has 1 fully saturated rings. The van der Waals surface area contributed by atoms with Gasteiger partial charge in [0.1, 0.15) is 0 Å². The molecule has 0 unspecified atom stereocenters. The standard InChI is InChI=1S/C17H22BrN3/c1-12-8-9-16(15(18)10-12)21-11-13(2)19-17(21)20-14-6-4-3-5-7-14/h8-11,14H,3-7H2,1-2H3,(H,19,20). The molecular formula is C17H22BrN3. The van der Waals surface area contributed by atoms with Crippen molar-refractivity contribution in [2.75, 3.05) is 5.32 Å². The van der Waals surface area contributed by atoms with Crippen molar-refractivity contribution in [3.05, 3.63) is 40.1 Å². The third-order valence-electron chi connectivity index (χ3n) is 4.13. The van der Waals surface area contributed by atoms with Crippen molar-refractivity contribution in [3.63, 3.8) is 0 Å². The van der Waals surface area contributed by atoms with Crippen LogP contribution in [0.1, 0.15) is 43.4 Å². The van der Waals surface area contributed by atoms with Gasteiger partial charge in [-0.1, -0.05) is 25.3 Å². The Morgan fingerprint density at radius 1 is 1.19 bits per heavy atom. The highest BCUT2D eigenvalue weighted by Gasteiger charge is 2.17.